The van der Waals surface area contributed by atoms with Gasteiger partial charge in [-0.3, -0.25) is 4.79 Å². The highest BCUT2D eigenvalue weighted by Crippen LogP contribution is 2.50. The highest BCUT2D eigenvalue weighted by molar-refractivity contribution is 6.20. The van der Waals surface area contributed by atoms with Crippen molar-refractivity contribution in [2.45, 2.75) is 32.1 Å². The number of ether oxygens (including phenoxy) is 4. The Bertz CT molecular complexity index is 1470. The van der Waals surface area contributed by atoms with Crippen LogP contribution >= 0.6 is 0 Å². The average molecular weight is 486 g/mol. The van der Waals surface area contributed by atoms with Crippen molar-refractivity contribution in [3.05, 3.63) is 65.2 Å². The second kappa shape index (κ2) is 9.26. The van der Waals surface area contributed by atoms with Gasteiger partial charge in [0, 0.05) is 17.7 Å². The van der Waals surface area contributed by atoms with Crippen LogP contribution in [-0.4, -0.2) is 34.3 Å². The van der Waals surface area contributed by atoms with E-state index in [4.69, 9.17) is 18.9 Å². The number of fused-ring (bicyclic) bond motifs is 6. The molecule has 1 N–H and O–H groups in total. The van der Waals surface area contributed by atoms with E-state index in [0.29, 0.717) is 35.3 Å². The van der Waals surface area contributed by atoms with E-state index in [2.05, 4.69) is 43.4 Å². The normalized spacial score (nSPS) is 15.1. The number of methoxy groups -OCH3 is 4. The average Bonchev–Trinajstić information content (AvgIpc) is 2.91. The fourth-order valence-corrected chi connectivity index (χ4v) is 5.29. The molecule has 186 valence electrons. The maximum atomic E-state index is 13.1. The van der Waals surface area contributed by atoms with Crippen LogP contribution in [0.4, 0.5) is 5.69 Å². The zero-order valence-corrected chi connectivity index (χ0v) is 21.5. The fourth-order valence-electron chi connectivity index (χ4n) is 5.29. The molecule has 1 amide bonds. The van der Waals surface area contributed by atoms with Crippen LogP contribution < -0.4 is 24.3 Å². The number of anilines is 1. The lowest BCUT2D eigenvalue weighted by Gasteiger charge is -2.30. The van der Waals surface area contributed by atoms with Crippen molar-refractivity contribution < 1.29 is 23.7 Å². The van der Waals surface area contributed by atoms with Crippen LogP contribution in [0.15, 0.2) is 48.5 Å². The van der Waals surface area contributed by atoms with Gasteiger partial charge in [-0.25, -0.2) is 0 Å². The Hall–Kier alpha value is -3.93. The number of rotatable bonds is 6. The molecule has 1 atom stereocenters. The molecule has 5 rings (SSSR count). The lowest BCUT2D eigenvalue weighted by molar-refractivity contribution is -0.116. The third-order valence-electron chi connectivity index (χ3n) is 7.17. The van der Waals surface area contributed by atoms with Crippen LogP contribution in [-0.2, 0) is 4.79 Å². The van der Waals surface area contributed by atoms with Crippen LogP contribution in [0.2, 0.25) is 0 Å². The molecule has 0 saturated carbocycles. The summed E-state index contributed by atoms with van der Waals surface area (Å²) in [5.74, 6) is 2.79. The number of carbonyl (C=O) groups is 1. The van der Waals surface area contributed by atoms with Gasteiger partial charge in [-0.05, 0) is 63.0 Å². The number of amides is 1. The highest BCUT2D eigenvalue weighted by atomic mass is 16.5. The first-order valence-corrected chi connectivity index (χ1v) is 12.1. The minimum absolute atomic E-state index is 0.0173. The van der Waals surface area contributed by atoms with Crippen molar-refractivity contribution in [3.63, 3.8) is 0 Å². The van der Waals surface area contributed by atoms with Crippen LogP contribution in [0.25, 0.3) is 21.5 Å². The molecule has 1 heterocycles. The summed E-state index contributed by atoms with van der Waals surface area (Å²) < 4.78 is 22.6. The summed E-state index contributed by atoms with van der Waals surface area (Å²) in [6, 6.07) is 16.5. The molecule has 0 spiro atoms. The number of hydrogen-bond acceptors (Lipinski definition) is 5. The van der Waals surface area contributed by atoms with Crippen LogP contribution in [0.5, 0.6) is 23.0 Å². The summed E-state index contributed by atoms with van der Waals surface area (Å²) in [7, 11) is 6.50. The zero-order chi connectivity index (χ0) is 25.6. The summed E-state index contributed by atoms with van der Waals surface area (Å²) in [6.45, 7) is 4.36. The van der Waals surface area contributed by atoms with Gasteiger partial charge in [0.1, 0.15) is 0 Å². The first-order chi connectivity index (χ1) is 17.4. The third kappa shape index (κ3) is 3.77. The molecule has 0 aliphatic carbocycles. The second-order valence-electron chi connectivity index (χ2n) is 9.42. The van der Waals surface area contributed by atoms with Gasteiger partial charge in [-0.15, -0.1) is 0 Å². The maximum absolute atomic E-state index is 13.1. The fraction of sp³-hybridized carbons (Fsp3) is 0.300. The molecule has 6 heteroatoms. The van der Waals surface area contributed by atoms with Crippen LogP contribution in [0.1, 0.15) is 48.8 Å². The molecular weight excluding hydrogens is 454 g/mol. The first kappa shape index (κ1) is 23.8. The summed E-state index contributed by atoms with van der Waals surface area (Å²) in [5.41, 5.74) is 4.22. The molecule has 6 nitrogen and oxygen atoms in total. The van der Waals surface area contributed by atoms with Gasteiger partial charge in [-0.1, -0.05) is 38.1 Å². The molecule has 0 fully saturated rings. The quantitative estimate of drug-likeness (QED) is 0.311. The number of nitrogens with one attached hydrogen (secondary N) is 1. The molecular formula is C30H31NO5. The van der Waals surface area contributed by atoms with E-state index < -0.39 is 0 Å². The molecule has 0 radical (unpaired) electrons. The Morgan fingerprint density at radius 1 is 0.722 bits per heavy atom. The lowest BCUT2D eigenvalue weighted by atomic mass is 9.79. The summed E-state index contributed by atoms with van der Waals surface area (Å²) in [6.07, 6.45) is 0.357. The van der Waals surface area contributed by atoms with Crippen molar-refractivity contribution in [1.82, 2.24) is 0 Å². The molecule has 1 aliphatic rings. The van der Waals surface area contributed by atoms with Gasteiger partial charge in [0.2, 0.25) is 5.91 Å². The van der Waals surface area contributed by atoms with Gasteiger partial charge in [0.15, 0.2) is 23.0 Å². The summed E-state index contributed by atoms with van der Waals surface area (Å²) >= 11 is 0. The standard InChI is InChI=1S/C30H31NO5/c1-16(2)17-7-9-18(10-8-17)19-15-28(32)31-30-23-14-27(36-6)25(34-4)12-21(23)20-11-24(33-3)26(35-5)13-22(20)29(19)30/h7-14,16,19H,15H2,1-6H3,(H,31,32). The Morgan fingerprint density at radius 3 is 1.69 bits per heavy atom. The van der Waals surface area contributed by atoms with Gasteiger partial charge in [0.05, 0.1) is 34.1 Å². The van der Waals surface area contributed by atoms with E-state index in [1.54, 1.807) is 28.4 Å². The Kier molecular flexibility index (Phi) is 6.12. The predicted molar refractivity (Wildman–Crippen MR) is 143 cm³/mol. The van der Waals surface area contributed by atoms with E-state index in [9.17, 15) is 4.79 Å². The molecule has 0 saturated heterocycles. The predicted octanol–water partition coefficient (Wildman–Crippen LogP) is 6.62. The van der Waals surface area contributed by atoms with Crippen molar-refractivity contribution in [1.29, 1.82) is 0 Å². The minimum Gasteiger partial charge on any atom is -0.493 e. The summed E-state index contributed by atoms with van der Waals surface area (Å²) in [4.78, 5) is 13.1. The van der Waals surface area contributed by atoms with Gasteiger partial charge in [-0.2, -0.15) is 0 Å². The Morgan fingerprint density at radius 2 is 1.19 bits per heavy atom. The molecule has 4 aromatic carbocycles. The van der Waals surface area contributed by atoms with E-state index >= 15 is 0 Å². The molecule has 0 aromatic heterocycles. The number of hydrogen-bond donors (Lipinski definition) is 1. The van der Waals surface area contributed by atoms with Crippen molar-refractivity contribution in [2.75, 3.05) is 33.8 Å². The smallest absolute Gasteiger partial charge is 0.225 e. The molecule has 1 aliphatic heterocycles. The minimum atomic E-state index is -0.118. The molecule has 0 bridgehead atoms. The van der Waals surface area contributed by atoms with Gasteiger partial charge < -0.3 is 24.3 Å². The molecule has 4 aromatic rings. The van der Waals surface area contributed by atoms with E-state index in [1.807, 2.05) is 24.3 Å². The lowest BCUT2D eigenvalue weighted by Crippen LogP contribution is -2.24. The Labute approximate surface area is 211 Å². The third-order valence-corrected chi connectivity index (χ3v) is 7.17. The first-order valence-electron chi connectivity index (χ1n) is 12.1. The summed E-state index contributed by atoms with van der Waals surface area (Å²) in [5, 5.41) is 6.98. The van der Waals surface area contributed by atoms with Crippen LogP contribution in [0, 0.1) is 0 Å². The van der Waals surface area contributed by atoms with Crippen molar-refractivity contribution >= 4 is 33.1 Å². The Balaban J connectivity index is 1.90. The topological polar surface area (TPSA) is 66.0 Å². The van der Waals surface area contributed by atoms with E-state index in [-0.39, 0.29) is 11.8 Å². The van der Waals surface area contributed by atoms with Gasteiger partial charge >= 0.3 is 0 Å². The highest BCUT2D eigenvalue weighted by Gasteiger charge is 2.32. The zero-order valence-electron chi connectivity index (χ0n) is 21.5. The number of benzene rings is 4. The van der Waals surface area contributed by atoms with Crippen molar-refractivity contribution in [3.8, 4) is 23.0 Å². The van der Waals surface area contributed by atoms with E-state index in [0.717, 1.165) is 38.4 Å². The molecule has 1 unspecified atom stereocenters. The monoisotopic (exact) mass is 485 g/mol. The SMILES string of the molecule is COc1cc2c3c(c4cc(OC)c(OC)cc4c2cc1OC)C(c1ccc(C(C)C)cc1)CC(=O)N3. The van der Waals surface area contributed by atoms with Crippen LogP contribution in [0.3, 0.4) is 0 Å². The maximum Gasteiger partial charge on any atom is 0.225 e. The molecule has 36 heavy (non-hydrogen) atoms. The second-order valence-corrected chi connectivity index (χ2v) is 9.42. The number of carbonyl (C=O) groups excluding carboxylic acids is 1. The largest absolute Gasteiger partial charge is 0.493 e. The van der Waals surface area contributed by atoms with E-state index in [1.165, 1.54) is 5.56 Å². The van der Waals surface area contributed by atoms with Crippen molar-refractivity contribution in [2.24, 2.45) is 0 Å². The van der Waals surface area contributed by atoms with Gasteiger partial charge in [0.25, 0.3) is 0 Å².